The van der Waals surface area contributed by atoms with Gasteiger partial charge in [0.1, 0.15) is 0 Å². The molecule has 0 bridgehead atoms. The average molecular weight is 246 g/mol. The summed E-state index contributed by atoms with van der Waals surface area (Å²) < 4.78 is 0. The lowest BCUT2D eigenvalue weighted by Crippen LogP contribution is -2.21. The maximum atomic E-state index is 8.60. The summed E-state index contributed by atoms with van der Waals surface area (Å²) in [5, 5.41) is 11.8. The molecule has 0 aliphatic carbocycles. The SMILES string of the molecule is Br.CC(NCCO)c1ccccc1. The van der Waals surface area contributed by atoms with Crippen LogP contribution >= 0.6 is 17.0 Å². The van der Waals surface area contributed by atoms with E-state index in [0.717, 1.165) is 0 Å². The number of rotatable bonds is 4. The minimum absolute atomic E-state index is 0. The van der Waals surface area contributed by atoms with Crippen LogP contribution in [0.1, 0.15) is 18.5 Å². The van der Waals surface area contributed by atoms with E-state index in [1.165, 1.54) is 5.56 Å². The Morgan fingerprint density at radius 2 is 1.92 bits per heavy atom. The molecular formula is C10H16BrNO. The highest BCUT2D eigenvalue weighted by Gasteiger charge is 2.01. The molecule has 13 heavy (non-hydrogen) atoms. The molecule has 0 aliphatic rings. The van der Waals surface area contributed by atoms with Crippen LogP contribution in [0.15, 0.2) is 30.3 Å². The van der Waals surface area contributed by atoms with Crippen LogP contribution < -0.4 is 5.32 Å². The first-order valence-corrected chi connectivity index (χ1v) is 4.24. The largest absolute Gasteiger partial charge is 0.395 e. The molecule has 0 aromatic heterocycles. The molecule has 74 valence electrons. The summed E-state index contributed by atoms with van der Waals surface area (Å²) in [5.41, 5.74) is 1.26. The molecule has 0 saturated carbocycles. The topological polar surface area (TPSA) is 32.3 Å². The fraction of sp³-hybridized carbons (Fsp3) is 0.400. The van der Waals surface area contributed by atoms with Gasteiger partial charge in [-0.15, -0.1) is 17.0 Å². The zero-order valence-electron chi connectivity index (χ0n) is 7.73. The van der Waals surface area contributed by atoms with Crippen molar-refractivity contribution in [2.24, 2.45) is 0 Å². The Labute approximate surface area is 89.7 Å². The van der Waals surface area contributed by atoms with Gasteiger partial charge in [0.15, 0.2) is 0 Å². The Bertz CT molecular complexity index is 215. The van der Waals surface area contributed by atoms with E-state index in [2.05, 4.69) is 24.4 Å². The molecule has 1 aromatic carbocycles. The van der Waals surface area contributed by atoms with Crippen molar-refractivity contribution < 1.29 is 5.11 Å². The van der Waals surface area contributed by atoms with Crippen molar-refractivity contribution in [1.82, 2.24) is 5.32 Å². The summed E-state index contributed by atoms with van der Waals surface area (Å²) in [4.78, 5) is 0. The Hall–Kier alpha value is -0.380. The van der Waals surface area contributed by atoms with Crippen molar-refractivity contribution in [3.63, 3.8) is 0 Å². The average Bonchev–Trinajstić information content (AvgIpc) is 2.15. The third kappa shape index (κ3) is 4.41. The first-order valence-electron chi connectivity index (χ1n) is 4.24. The minimum atomic E-state index is 0. The molecule has 0 heterocycles. The first-order chi connectivity index (χ1) is 5.84. The molecule has 2 nitrogen and oxygen atoms in total. The summed E-state index contributed by atoms with van der Waals surface area (Å²) in [6, 6.07) is 10.5. The van der Waals surface area contributed by atoms with Crippen LogP contribution in [-0.2, 0) is 0 Å². The molecule has 0 amide bonds. The lowest BCUT2D eigenvalue weighted by atomic mass is 10.1. The quantitative estimate of drug-likeness (QED) is 0.850. The maximum absolute atomic E-state index is 8.60. The van der Waals surface area contributed by atoms with Gasteiger partial charge in [-0.25, -0.2) is 0 Å². The smallest absolute Gasteiger partial charge is 0.0556 e. The summed E-state index contributed by atoms with van der Waals surface area (Å²) in [6.45, 7) is 2.93. The molecule has 0 radical (unpaired) electrons. The highest BCUT2D eigenvalue weighted by molar-refractivity contribution is 8.93. The molecule has 1 unspecified atom stereocenters. The second kappa shape index (κ2) is 7.06. The second-order valence-corrected chi connectivity index (χ2v) is 2.81. The van der Waals surface area contributed by atoms with E-state index in [-0.39, 0.29) is 23.6 Å². The normalized spacial score (nSPS) is 11.8. The second-order valence-electron chi connectivity index (χ2n) is 2.81. The highest BCUT2D eigenvalue weighted by atomic mass is 79.9. The summed E-state index contributed by atoms with van der Waals surface area (Å²) in [5.74, 6) is 0. The lowest BCUT2D eigenvalue weighted by Gasteiger charge is -2.12. The number of hydrogen-bond donors (Lipinski definition) is 2. The van der Waals surface area contributed by atoms with Gasteiger partial charge in [-0.1, -0.05) is 30.3 Å². The van der Waals surface area contributed by atoms with Crippen molar-refractivity contribution in [2.75, 3.05) is 13.2 Å². The van der Waals surface area contributed by atoms with Gasteiger partial charge >= 0.3 is 0 Å². The molecule has 0 saturated heterocycles. The zero-order valence-corrected chi connectivity index (χ0v) is 9.45. The van der Waals surface area contributed by atoms with Crippen molar-refractivity contribution >= 4 is 17.0 Å². The van der Waals surface area contributed by atoms with Gasteiger partial charge in [0, 0.05) is 12.6 Å². The Morgan fingerprint density at radius 1 is 1.31 bits per heavy atom. The van der Waals surface area contributed by atoms with Crippen molar-refractivity contribution in [2.45, 2.75) is 13.0 Å². The zero-order chi connectivity index (χ0) is 8.81. The van der Waals surface area contributed by atoms with E-state index >= 15 is 0 Å². The van der Waals surface area contributed by atoms with Gasteiger partial charge in [0.05, 0.1) is 6.61 Å². The van der Waals surface area contributed by atoms with Crippen LogP contribution in [0.3, 0.4) is 0 Å². The molecule has 1 aromatic rings. The van der Waals surface area contributed by atoms with E-state index in [9.17, 15) is 0 Å². The molecular weight excluding hydrogens is 230 g/mol. The van der Waals surface area contributed by atoms with E-state index in [4.69, 9.17) is 5.11 Å². The number of nitrogens with one attached hydrogen (secondary N) is 1. The Morgan fingerprint density at radius 3 is 2.46 bits per heavy atom. The molecule has 0 fully saturated rings. The molecule has 1 rings (SSSR count). The van der Waals surface area contributed by atoms with E-state index in [1.807, 2.05) is 18.2 Å². The molecule has 3 heteroatoms. The molecule has 0 spiro atoms. The fourth-order valence-electron chi connectivity index (χ4n) is 1.14. The summed E-state index contributed by atoms with van der Waals surface area (Å²) in [6.07, 6.45) is 0. The van der Waals surface area contributed by atoms with Gasteiger partial charge in [0.2, 0.25) is 0 Å². The van der Waals surface area contributed by atoms with Crippen LogP contribution in [0.4, 0.5) is 0 Å². The van der Waals surface area contributed by atoms with Gasteiger partial charge in [0.25, 0.3) is 0 Å². The third-order valence-corrected chi connectivity index (χ3v) is 1.86. The summed E-state index contributed by atoms with van der Waals surface area (Å²) >= 11 is 0. The van der Waals surface area contributed by atoms with Crippen molar-refractivity contribution in [3.05, 3.63) is 35.9 Å². The molecule has 2 N–H and O–H groups in total. The van der Waals surface area contributed by atoms with Crippen LogP contribution in [0.2, 0.25) is 0 Å². The van der Waals surface area contributed by atoms with Crippen molar-refractivity contribution in [3.8, 4) is 0 Å². The number of benzene rings is 1. The number of aliphatic hydroxyl groups excluding tert-OH is 1. The van der Waals surface area contributed by atoms with Crippen LogP contribution in [-0.4, -0.2) is 18.3 Å². The highest BCUT2D eigenvalue weighted by Crippen LogP contribution is 2.09. The number of halogens is 1. The van der Waals surface area contributed by atoms with Crippen molar-refractivity contribution in [1.29, 1.82) is 0 Å². The van der Waals surface area contributed by atoms with Gasteiger partial charge in [-0.3, -0.25) is 0 Å². The predicted octanol–water partition coefficient (Wildman–Crippen LogP) is 1.91. The van der Waals surface area contributed by atoms with Crippen LogP contribution in [0.25, 0.3) is 0 Å². The van der Waals surface area contributed by atoms with Gasteiger partial charge < -0.3 is 10.4 Å². The number of hydrogen-bond acceptors (Lipinski definition) is 2. The maximum Gasteiger partial charge on any atom is 0.0556 e. The van der Waals surface area contributed by atoms with Crippen LogP contribution in [0, 0.1) is 0 Å². The Balaban J connectivity index is 0.00000144. The molecule has 1 atom stereocenters. The standard InChI is InChI=1S/C10H15NO.BrH/c1-9(11-7-8-12)10-5-3-2-4-6-10;/h2-6,9,11-12H,7-8H2,1H3;1H. The van der Waals surface area contributed by atoms with Gasteiger partial charge in [-0.05, 0) is 12.5 Å². The fourth-order valence-corrected chi connectivity index (χ4v) is 1.14. The Kier molecular flexibility index (Phi) is 6.86. The van der Waals surface area contributed by atoms with Crippen LogP contribution in [0.5, 0.6) is 0 Å². The monoisotopic (exact) mass is 245 g/mol. The lowest BCUT2D eigenvalue weighted by molar-refractivity contribution is 0.286. The van der Waals surface area contributed by atoms with E-state index in [0.29, 0.717) is 12.6 Å². The predicted molar refractivity (Wildman–Crippen MR) is 60.3 cm³/mol. The minimum Gasteiger partial charge on any atom is -0.395 e. The van der Waals surface area contributed by atoms with E-state index < -0.39 is 0 Å². The van der Waals surface area contributed by atoms with E-state index in [1.54, 1.807) is 0 Å². The third-order valence-electron chi connectivity index (χ3n) is 1.86. The number of aliphatic hydroxyl groups is 1. The first kappa shape index (κ1) is 12.6. The summed E-state index contributed by atoms with van der Waals surface area (Å²) in [7, 11) is 0. The van der Waals surface area contributed by atoms with Gasteiger partial charge in [-0.2, -0.15) is 0 Å². The molecule has 0 aliphatic heterocycles.